The summed E-state index contributed by atoms with van der Waals surface area (Å²) < 4.78 is 9.06. The molecule has 0 heterocycles. The lowest BCUT2D eigenvalue weighted by Gasteiger charge is -2.12. The molecule has 0 saturated heterocycles. The second kappa shape index (κ2) is 38.3. The summed E-state index contributed by atoms with van der Waals surface area (Å²) in [5, 5.41) is 32.8. The summed E-state index contributed by atoms with van der Waals surface area (Å²) in [5.41, 5.74) is 3.80. The Balaban J connectivity index is -0.000000317. The standard InChI is InChI=1S/C13H19NO2.C12H17NO.C8H11NO8.3C2H6/c1-11-5-7-12(8-6-11)13(15)14-9-3-4-10-16-2;1-3-4-9-13-12(14)11-7-5-10(2)6-8-11;10-5(11)2-1-4(7(14)15)9-8(16)17-3-6(12)13;3*1-2/h5-8H,3-4,9-10H2,1-2H3,(H,14,15);5-8H,3-4,9H2,1-2H3,(H,13,14);4H,1-3H2,(H,9,16)(H,10,11)(H,12,13)(H,14,15);3*1-2H3. The minimum absolute atomic E-state index is 0.00239. The zero-order valence-corrected chi connectivity index (χ0v) is 33.4. The average molecular weight is 752 g/mol. The lowest BCUT2D eigenvalue weighted by atomic mass is 10.1. The van der Waals surface area contributed by atoms with Gasteiger partial charge in [-0.3, -0.25) is 14.4 Å². The smallest absolute Gasteiger partial charge is 0.408 e. The number of nitrogens with one attached hydrogen (secondary N) is 3. The summed E-state index contributed by atoms with van der Waals surface area (Å²) in [6.07, 6.45) is 2.07. The van der Waals surface area contributed by atoms with Crippen molar-refractivity contribution in [1.82, 2.24) is 16.0 Å². The number of rotatable bonds is 17. The van der Waals surface area contributed by atoms with Gasteiger partial charge in [0, 0.05) is 44.4 Å². The van der Waals surface area contributed by atoms with E-state index in [1.54, 1.807) is 7.11 Å². The van der Waals surface area contributed by atoms with Crippen molar-refractivity contribution in [1.29, 1.82) is 0 Å². The third kappa shape index (κ3) is 33.9. The van der Waals surface area contributed by atoms with Crippen molar-refractivity contribution in [3.05, 3.63) is 70.8 Å². The molecule has 1 unspecified atom stereocenters. The first kappa shape index (κ1) is 54.8. The van der Waals surface area contributed by atoms with Gasteiger partial charge >= 0.3 is 24.0 Å². The molecule has 0 spiro atoms. The zero-order chi connectivity index (χ0) is 41.6. The minimum Gasteiger partial charge on any atom is -0.481 e. The highest BCUT2D eigenvalue weighted by Gasteiger charge is 2.21. The van der Waals surface area contributed by atoms with E-state index in [0.717, 1.165) is 55.5 Å². The van der Waals surface area contributed by atoms with Gasteiger partial charge in [-0.05, 0) is 63.8 Å². The van der Waals surface area contributed by atoms with Gasteiger partial charge < -0.3 is 40.7 Å². The fraction of sp³-hybridized carbons (Fsp3) is 0.538. The molecule has 0 bridgehead atoms. The fourth-order valence-corrected chi connectivity index (χ4v) is 3.40. The largest absolute Gasteiger partial charge is 0.481 e. The van der Waals surface area contributed by atoms with Gasteiger partial charge in [-0.25, -0.2) is 14.4 Å². The van der Waals surface area contributed by atoms with E-state index in [2.05, 4.69) is 22.3 Å². The van der Waals surface area contributed by atoms with Crippen molar-refractivity contribution in [3.63, 3.8) is 0 Å². The van der Waals surface area contributed by atoms with Gasteiger partial charge in [0.25, 0.3) is 11.8 Å². The van der Waals surface area contributed by atoms with Crippen LogP contribution in [0.5, 0.6) is 0 Å². The number of carboxylic acids is 3. The molecule has 6 N–H and O–H groups in total. The van der Waals surface area contributed by atoms with Gasteiger partial charge in [0.2, 0.25) is 0 Å². The Labute approximate surface area is 316 Å². The molecule has 0 aliphatic rings. The zero-order valence-electron chi connectivity index (χ0n) is 33.4. The van der Waals surface area contributed by atoms with Crippen LogP contribution in [0, 0.1) is 13.8 Å². The van der Waals surface area contributed by atoms with Gasteiger partial charge in [0.05, 0.1) is 0 Å². The van der Waals surface area contributed by atoms with E-state index in [0.29, 0.717) is 6.54 Å². The number of carboxylic acid groups (broad SMARTS) is 3. The maximum Gasteiger partial charge on any atom is 0.408 e. The van der Waals surface area contributed by atoms with E-state index in [9.17, 15) is 28.8 Å². The van der Waals surface area contributed by atoms with Crippen LogP contribution in [-0.4, -0.2) is 90.6 Å². The van der Waals surface area contributed by atoms with Crippen molar-refractivity contribution in [3.8, 4) is 0 Å². The Morgan fingerprint density at radius 2 is 1.09 bits per heavy atom. The molecule has 1 atom stereocenters. The predicted molar refractivity (Wildman–Crippen MR) is 207 cm³/mol. The van der Waals surface area contributed by atoms with Gasteiger partial charge in [0.1, 0.15) is 6.04 Å². The maximum atomic E-state index is 11.6. The summed E-state index contributed by atoms with van der Waals surface area (Å²) in [5.74, 6) is -4.01. The molecule has 0 radical (unpaired) electrons. The van der Waals surface area contributed by atoms with Crippen LogP contribution in [0.25, 0.3) is 0 Å². The first-order valence-electron chi connectivity index (χ1n) is 18.1. The number of benzene rings is 2. The van der Waals surface area contributed by atoms with Crippen molar-refractivity contribution in [2.75, 3.05) is 33.4 Å². The highest BCUT2D eigenvalue weighted by molar-refractivity contribution is 5.94. The van der Waals surface area contributed by atoms with E-state index in [-0.39, 0.29) is 18.2 Å². The van der Waals surface area contributed by atoms with Crippen LogP contribution in [-0.2, 0) is 23.9 Å². The maximum absolute atomic E-state index is 11.6. The summed E-state index contributed by atoms with van der Waals surface area (Å²) in [7, 11) is 1.69. The molecule has 2 aromatic carbocycles. The second-order valence-electron chi connectivity index (χ2n) is 10.2. The van der Waals surface area contributed by atoms with Crippen LogP contribution >= 0.6 is 0 Å². The quantitative estimate of drug-likeness (QED) is 0.0917. The SMILES string of the molecule is CC.CC.CC.CCCCNC(=O)c1ccc(C)cc1.COCCCCNC(=O)c1ccc(C)cc1.O=C(O)CCC(NC(=O)OCC(=O)O)C(=O)O. The van der Waals surface area contributed by atoms with Crippen molar-refractivity contribution in [2.24, 2.45) is 0 Å². The number of carbonyl (C=O) groups is 6. The number of amides is 3. The highest BCUT2D eigenvalue weighted by Crippen LogP contribution is 2.04. The number of unbranched alkanes of at least 4 members (excludes halogenated alkanes) is 2. The van der Waals surface area contributed by atoms with Crippen LogP contribution in [0.1, 0.15) is 119 Å². The number of carbonyl (C=O) groups excluding carboxylic acids is 3. The number of alkyl carbamates (subject to hydrolysis) is 1. The summed E-state index contributed by atoms with van der Waals surface area (Å²) in [6, 6.07) is 13.8. The average Bonchev–Trinajstić information content (AvgIpc) is 3.15. The molecular formula is C39H65N3O11. The summed E-state index contributed by atoms with van der Waals surface area (Å²) in [4.78, 5) is 64.9. The third-order valence-corrected chi connectivity index (χ3v) is 6.07. The molecule has 0 aromatic heterocycles. The highest BCUT2D eigenvalue weighted by atomic mass is 16.6. The fourth-order valence-electron chi connectivity index (χ4n) is 3.40. The van der Waals surface area contributed by atoms with E-state index >= 15 is 0 Å². The Hall–Kier alpha value is -4.98. The topological polar surface area (TPSA) is 218 Å². The van der Waals surface area contributed by atoms with Crippen LogP contribution < -0.4 is 16.0 Å². The molecule has 0 aliphatic heterocycles. The van der Waals surface area contributed by atoms with Gasteiger partial charge in [-0.1, -0.05) is 90.3 Å². The van der Waals surface area contributed by atoms with Gasteiger partial charge in [-0.2, -0.15) is 0 Å². The van der Waals surface area contributed by atoms with Crippen LogP contribution in [0.2, 0.25) is 0 Å². The Bertz CT molecular complexity index is 1250. The summed E-state index contributed by atoms with van der Waals surface area (Å²) >= 11 is 0. The first-order valence-corrected chi connectivity index (χ1v) is 18.1. The number of ether oxygens (including phenoxy) is 2. The van der Waals surface area contributed by atoms with E-state index < -0.39 is 43.1 Å². The third-order valence-electron chi connectivity index (χ3n) is 6.07. The molecule has 3 amide bonds. The Kier molecular flexibility index (Phi) is 39.5. The Morgan fingerprint density at radius 3 is 1.45 bits per heavy atom. The number of aryl methyl sites for hydroxylation is 2. The number of hydrogen-bond donors (Lipinski definition) is 6. The van der Waals surface area contributed by atoms with Crippen LogP contribution in [0.3, 0.4) is 0 Å². The predicted octanol–water partition coefficient (Wildman–Crippen LogP) is 6.87. The molecule has 302 valence electrons. The van der Waals surface area contributed by atoms with Crippen LogP contribution in [0.4, 0.5) is 4.79 Å². The molecule has 0 saturated carbocycles. The number of hydrogen-bond acceptors (Lipinski definition) is 8. The molecule has 0 aliphatic carbocycles. The number of aliphatic carboxylic acids is 3. The molecule has 14 nitrogen and oxygen atoms in total. The van der Waals surface area contributed by atoms with Crippen molar-refractivity contribution >= 4 is 35.8 Å². The first-order chi connectivity index (χ1) is 25.3. The second-order valence-corrected chi connectivity index (χ2v) is 10.2. The van der Waals surface area contributed by atoms with Crippen molar-refractivity contribution in [2.45, 2.75) is 107 Å². The minimum atomic E-state index is -1.44. The van der Waals surface area contributed by atoms with E-state index in [1.807, 2.05) is 109 Å². The molecule has 0 fully saturated rings. The lowest BCUT2D eigenvalue weighted by molar-refractivity contribution is -0.140. The van der Waals surface area contributed by atoms with E-state index in [4.69, 9.17) is 20.1 Å². The molecule has 14 heteroatoms. The number of methoxy groups -OCH3 is 1. The van der Waals surface area contributed by atoms with Crippen LogP contribution in [0.15, 0.2) is 48.5 Å². The normalized spacial score (nSPS) is 9.62. The monoisotopic (exact) mass is 751 g/mol. The van der Waals surface area contributed by atoms with Gasteiger partial charge in [0.15, 0.2) is 6.61 Å². The molecule has 2 aromatic rings. The molecule has 2 rings (SSSR count). The van der Waals surface area contributed by atoms with Crippen molar-refractivity contribution < 1.29 is 53.6 Å². The molecular weight excluding hydrogens is 686 g/mol. The Morgan fingerprint density at radius 1 is 0.660 bits per heavy atom. The van der Waals surface area contributed by atoms with Gasteiger partial charge in [-0.15, -0.1) is 0 Å². The molecule has 53 heavy (non-hydrogen) atoms. The lowest BCUT2D eigenvalue weighted by Crippen LogP contribution is -2.41. The summed E-state index contributed by atoms with van der Waals surface area (Å²) in [6.45, 7) is 19.4. The van der Waals surface area contributed by atoms with E-state index in [1.165, 1.54) is 5.56 Å².